The van der Waals surface area contributed by atoms with E-state index in [4.69, 9.17) is 0 Å². The van der Waals surface area contributed by atoms with Crippen molar-refractivity contribution >= 4 is 5.69 Å². The van der Waals surface area contributed by atoms with E-state index in [0.717, 1.165) is 19.0 Å². The van der Waals surface area contributed by atoms with Crippen molar-refractivity contribution in [3.05, 3.63) is 29.8 Å². The van der Waals surface area contributed by atoms with Crippen molar-refractivity contribution in [3.8, 4) is 0 Å². The second kappa shape index (κ2) is 6.39. The van der Waals surface area contributed by atoms with Crippen LogP contribution in [0, 0.1) is 5.92 Å². The molecule has 0 saturated carbocycles. The number of piperazine rings is 1. The van der Waals surface area contributed by atoms with Crippen LogP contribution in [-0.2, 0) is 5.41 Å². The topological polar surface area (TPSA) is 15.3 Å². The van der Waals surface area contributed by atoms with Crippen molar-refractivity contribution in [3.63, 3.8) is 0 Å². The average Bonchev–Trinajstić information content (AvgIpc) is 2.46. The number of hydrogen-bond donors (Lipinski definition) is 1. The molecule has 0 amide bonds. The lowest BCUT2D eigenvalue weighted by molar-refractivity contribution is 0.315. The van der Waals surface area contributed by atoms with Gasteiger partial charge in [0.25, 0.3) is 0 Å². The molecule has 21 heavy (non-hydrogen) atoms. The highest BCUT2D eigenvalue weighted by atomic mass is 15.2. The van der Waals surface area contributed by atoms with Crippen LogP contribution in [0.3, 0.4) is 0 Å². The summed E-state index contributed by atoms with van der Waals surface area (Å²) in [6.07, 6.45) is 1.24. The summed E-state index contributed by atoms with van der Waals surface area (Å²) in [5.74, 6) is 0.724. The van der Waals surface area contributed by atoms with E-state index in [2.05, 4.69) is 76.0 Å². The van der Waals surface area contributed by atoms with Crippen LogP contribution in [0.5, 0.6) is 0 Å². The first-order valence-electron chi connectivity index (χ1n) is 8.44. The van der Waals surface area contributed by atoms with Gasteiger partial charge in [-0.15, -0.1) is 0 Å². The lowest BCUT2D eigenvalue weighted by Gasteiger charge is -2.44. The third kappa shape index (κ3) is 3.60. The SMILES string of the molecule is CCC(C)C1CN(c2ccccc2C(C)(C)C)C(C)CN1. The number of para-hydroxylation sites is 1. The van der Waals surface area contributed by atoms with Crippen LogP contribution in [0.1, 0.15) is 53.5 Å². The summed E-state index contributed by atoms with van der Waals surface area (Å²) in [5.41, 5.74) is 3.07. The molecule has 2 rings (SSSR count). The molecule has 1 aliphatic rings. The van der Waals surface area contributed by atoms with E-state index in [1.54, 1.807) is 0 Å². The fourth-order valence-corrected chi connectivity index (χ4v) is 3.25. The van der Waals surface area contributed by atoms with Gasteiger partial charge in [-0.1, -0.05) is 59.2 Å². The van der Waals surface area contributed by atoms with E-state index in [-0.39, 0.29) is 5.41 Å². The molecule has 1 N–H and O–H groups in total. The van der Waals surface area contributed by atoms with E-state index < -0.39 is 0 Å². The molecule has 0 radical (unpaired) electrons. The molecule has 3 unspecified atom stereocenters. The summed E-state index contributed by atoms with van der Waals surface area (Å²) >= 11 is 0. The Morgan fingerprint density at radius 1 is 1.29 bits per heavy atom. The number of anilines is 1. The Kier molecular flexibility index (Phi) is 4.98. The fraction of sp³-hybridized carbons (Fsp3) is 0.684. The Morgan fingerprint density at radius 3 is 2.57 bits per heavy atom. The Hall–Kier alpha value is -1.02. The van der Waals surface area contributed by atoms with Gasteiger partial charge in [-0.2, -0.15) is 0 Å². The zero-order chi connectivity index (χ0) is 15.6. The second-order valence-electron chi connectivity index (χ2n) is 7.67. The molecule has 0 bridgehead atoms. The van der Waals surface area contributed by atoms with Gasteiger partial charge in [-0.3, -0.25) is 0 Å². The summed E-state index contributed by atoms with van der Waals surface area (Å²) in [7, 11) is 0. The van der Waals surface area contributed by atoms with E-state index in [1.165, 1.54) is 17.7 Å². The maximum absolute atomic E-state index is 3.74. The predicted octanol–water partition coefficient (Wildman–Crippen LogP) is 4.20. The van der Waals surface area contributed by atoms with Crippen molar-refractivity contribution in [2.45, 2.75) is 65.5 Å². The summed E-state index contributed by atoms with van der Waals surface area (Å²) < 4.78 is 0. The first kappa shape index (κ1) is 16.4. The summed E-state index contributed by atoms with van der Waals surface area (Å²) in [5, 5.41) is 3.74. The van der Waals surface area contributed by atoms with Gasteiger partial charge >= 0.3 is 0 Å². The quantitative estimate of drug-likeness (QED) is 0.897. The summed E-state index contributed by atoms with van der Waals surface area (Å²) in [6.45, 7) is 16.1. The molecule has 1 heterocycles. The minimum absolute atomic E-state index is 0.188. The molecule has 1 aliphatic heterocycles. The summed E-state index contributed by atoms with van der Waals surface area (Å²) in [6, 6.07) is 10.1. The number of hydrogen-bond acceptors (Lipinski definition) is 2. The van der Waals surface area contributed by atoms with Crippen LogP contribution < -0.4 is 10.2 Å². The maximum atomic E-state index is 3.74. The van der Waals surface area contributed by atoms with Crippen LogP contribution >= 0.6 is 0 Å². The highest BCUT2D eigenvalue weighted by Gasteiger charge is 2.30. The lowest BCUT2D eigenvalue weighted by Crippen LogP contribution is -2.58. The Balaban J connectivity index is 2.31. The fourth-order valence-electron chi connectivity index (χ4n) is 3.25. The van der Waals surface area contributed by atoms with Crippen molar-refractivity contribution in [2.75, 3.05) is 18.0 Å². The van der Waals surface area contributed by atoms with Gasteiger partial charge in [0, 0.05) is 30.9 Å². The molecule has 3 atom stereocenters. The molecule has 2 nitrogen and oxygen atoms in total. The molecule has 0 aromatic heterocycles. The minimum atomic E-state index is 0.188. The van der Waals surface area contributed by atoms with E-state index >= 15 is 0 Å². The van der Waals surface area contributed by atoms with E-state index in [0.29, 0.717) is 12.1 Å². The number of rotatable bonds is 3. The van der Waals surface area contributed by atoms with Gasteiger partial charge in [-0.05, 0) is 29.9 Å². The molecule has 1 aromatic carbocycles. The number of benzene rings is 1. The smallest absolute Gasteiger partial charge is 0.0407 e. The molecule has 1 fully saturated rings. The van der Waals surface area contributed by atoms with E-state index in [9.17, 15) is 0 Å². The van der Waals surface area contributed by atoms with Crippen molar-refractivity contribution < 1.29 is 0 Å². The molecule has 0 aliphatic carbocycles. The van der Waals surface area contributed by atoms with Crippen LogP contribution in [0.25, 0.3) is 0 Å². The predicted molar refractivity (Wildman–Crippen MR) is 93.2 cm³/mol. The van der Waals surface area contributed by atoms with Crippen LogP contribution in [0.2, 0.25) is 0 Å². The second-order valence-corrected chi connectivity index (χ2v) is 7.67. The molecular formula is C19H32N2. The Bertz CT molecular complexity index is 461. The average molecular weight is 288 g/mol. The number of nitrogens with zero attached hydrogens (tertiary/aromatic N) is 1. The molecule has 118 valence electrons. The Morgan fingerprint density at radius 2 is 1.95 bits per heavy atom. The monoisotopic (exact) mass is 288 g/mol. The van der Waals surface area contributed by atoms with Gasteiger partial charge in [0.05, 0.1) is 0 Å². The van der Waals surface area contributed by atoms with Gasteiger partial charge in [0.2, 0.25) is 0 Å². The largest absolute Gasteiger partial charge is 0.366 e. The normalized spacial score (nSPS) is 25.0. The van der Waals surface area contributed by atoms with E-state index in [1.807, 2.05) is 0 Å². The third-order valence-corrected chi connectivity index (χ3v) is 4.95. The van der Waals surface area contributed by atoms with Crippen molar-refractivity contribution in [1.29, 1.82) is 0 Å². The minimum Gasteiger partial charge on any atom is -0.366 e. The summed E-state index contributed by atoms with van der Waals surface area (Å²) in [4.78, 5) is 2.62. The zero-order valence-electron chi connectivity index (χ0n) is 14.6. The highest BCUT2D eigenvalue weighted by Crippen LogP contribution is 2.34. The third-order valence-electron chi connectivity index (χ3n) is 4.95. The van der Waals surface area contributed by atoms with Gasteiger partial charge in [0.1, 0.15) is 0 Å². The Labute approximate surface area is 130 Å². The molecule has 0 spiro atoms. The maximum Gasteiger partial charge on any atom is 0.0407 e. The van der Waals surface area contributed by atoms with Gasteiger partial charge < -0.3 is 10.2 Å². The first-order chi connectivity index (χ1) is 9.84. The standard InChI is InChI=1S/C19H32N2/c1-7-14(2)17-13-21(15(3)12-20-17)18-11-9-8-10-16(18)19(4,5)6/h8-11,14-15,17,20H,7,12-13H2,1-6H3. The highest BCUT2D eigenvalue weighted by molar-refractivity contribution is 5.57. The molecular weight excluding hydrogens is 256 g/mol. The van der Waals surface area contributed by atoms with Crippen molar-refractivity contribution in [2.24, 2.45) is 5.92 Å². The van der Waals surface area contributed by atoms with Crippen molar-refractivity contribution in [1.82, 2.24) is 5.32 Å². The van der Waals surface area contributed by atoms with Crippen LogP contribution in [0.4, 0.5) is 5.69 Å². The zero-order valence-corrected chi connectivity index (χ0v) is 14.6. The van der Waals surface area contributed by atoms with Gasteiger partial charge in [-0.25, -0.2) is 0 Å². The van der Waals surface area contributed by atoms with Crippen LogP contribution in [0.15, 0.2) is 24.3 Å². The molecule has 2 heteroatoms. The van der Waals surface area contributed by atoms with Gasteiger partial charge in [0.15, 0.2) is 0 Å². The lowest BCUT2D eigenvalue weighted by atomic mass is 9.84. The van der Waals surface area contributed by atoms with Crippen LogP contribution in [-0.4, -0.2) is 25.2 Å². The molecule has 1 saturated heterocycles. The first-order valence-corrected chi connectivity index (χ1v) is 8.44. The number of nitrogens with one attached hydrogen (secondary N) is 1. The molecule has 1 aromatic rings.